The Morgan fingerprint density at radius 1 is 1.44 bits per heavy atom. The van der Waals surface area contributed by atoms with E-state index in [-0.39, 0.29) is 5.91 Å². The number of carboxylic acid groups (broad SMARTS) is 1. The molecule has 98 valence electrons. The van der Waals surface area contributed by atoms with Gasteiger partial charge in [0.2, 0.25) is 5.91 Å². The summed E-state index contributed by atoms with van der Waals surface area (Å²) in [6, 6.07) is 5.62. The monoisotopic (exact) mass is 251 g/mol. The normalized spacial score (nSPS) is 11.7. The van der Waals surface area contributed by atoms with Crippen LogP contribution in [0.3, 0.4) is 0 Å². The van der Waals surface area contributed by atoms with Crippen LogP contribution < -0.4 is 10.1 Å². The van der Waals surface area contributed by atoms with Gasteiger partial charge in [-0.2, -0.15) is 0 Å². The third-order valence-corrected chi connectivity index (χ3v) is 2.46. The zero-order valence-corrected chi connectivity index (χ0v) is 10.5. The van der Waals surface area contributed by atoms with Crippen LogP contribution in [-0.2, 0) is 9.59 Å². The standard InChI is InChI=1S/C13H17NO4/c1-3-5-11(15)14-12(13(16)17)9-6-4-7-10(8-9)18-2/h4,6-8,12H,3,5H2,1-2H3,(H,14,15)(H,16,17). The van der Waals surface area contributed by atoms with Crippen LogP contribution in [0.15, 0.2) is 24.3 Å². The lowest BCUT2D eigenvalue weighted by Gasteiger charge is -2.15. The lowest BCUT2D eigenvalue weighted by Crippen LogP contribution is -2.33. The number of hydrogen-bond acceptors (Lipinski definition) is 3. The van der Waals surface area contributed by atoms with Crippen LogP contribution in [0, 0.1) is 0 Å². The summed E-state index contributed by atoms with van der Waals surface area (Å²) in [5.41, 5.74) is 0.492. The Balaban J connectivity index is 2.90. The van der Waals surface area contributed by atoms with Gasteiger partial charge in [-0.3, -0.25) is 4.79 Å². The number of carbonyl (C=O) groups is 2. The highest BCUT2D eigenvalue weighted by Gasteiger charge is 2.21. The van der Waals surface area contributed by atoms with Crippen LogP contribution in [0.4, 0.5) is 0 Å². The van der Waals surface area contributed by atoms with Crippen molar-refractivity contribution in [1.29, 1.82) is 0 Å². The topological polar surface area (TPSA) is 75.6 Å². The molecule has 0 aliphatic carbocycles. The average molecular weight is 251 g/mol. The fourth-order valence-electron chi connectivity index (χ4n) is 1.57. The van der Waals surface area contributed by atoms with E-state index in [1.165, 1.54) is 7.11 Å². The molecule has 5 nitrogen and oxygen atoms in total. The number of hydrogen-bond donors (Lipinski definition) is 2. The maximum Gasteiger partial charge on any atom is 0.330 e. The predicted molar refractivity (Wildman–Crippen MR) is 66.4 cm³/mol. The summed E-state index contributed by atoms with van der Waals surface area (Å²) in [5, 5.41) is 11.6. The molecule has 5 heteroatoms. The summed E-state index contributed by atoms with van der Waals surface area (Å²) in [6.07, 6.45) is 0.990. The van der Waals surface area contributed by atoms with Crippen molar-refractivity contribution in [2.75, 3.05) is 7.11 Å². The minimum absolute atomic E-state index is 0.271. The van der Waals surface area contributed by atoms with E-state index in [9.17, 15) is 9.59 Å². The Morgan fingerprint density at radius 3 is 2.72 bits per heavy atom. The molecule has 0 heterocycles. The smallest absolute Gasteiger partial charge is 0.330 e. The number of methoxy groups -OCH3 is 1. The maximum absolute atomic E-state index is 11.5. The van der Waals surface area contributed by atoms with E-state index >= 15 is 0 Å². The number of ether oxygens (including phenoxy) is 1. The number of aliphatic carboxylic acids is 1. The van der Waals surface area contributed by atoms with E-state index < -0.39 is 12.0 Å². The molecule has 0 radical (unpaired) electrons. The van der Waals surface area contributed by atoms with Gasteiger partial charge in [0, 0.05) is 6.42 Å². The van der Waals surface area contributed by atoms with Gasteiger partial charge in [0.1, 0.15) is 5.75 Å². The van der Waals surface area contributed by atoms with Crippen molar-refractivity contribution in [2.24, 2.45) is 0 Å². The fourth-order valence-corrected chi connectivity index (χ4v) is 1.57. The highest BCUT2D eigenvalue weighted by Crippen LogP contribution is 2.19. The summed E-state index contributed by atoms with van der Waals surface area (Å²) in [5.74, 6) is -0.802. The average Bonchev–Trinajstić information content (AvgIpc) is 2.36. The zero-order chi connectivity index (χ0) is 13.5. The van der Waals surface area contributed by atoms with Crippen molar-refractivity contribution in [3.63, 3.8) is 0 Å². The van der Waals surface area contributed by atoms with Crippen LogP contribution in [0.1, 0.15) is 31.4 Å². The van der Waals surface area contributed by atoms with Crippen LogP contribution in [-0.4, -0.2) is 24.1 Å². The molecular formula is C13H17NO4. The number of carbonyl (C=O) groups excluding carboxylic acids is 1. The van der Waals surface area contributed by atoms with Gasteiger partial charge in [0.05, 0.1) is 7.11 Å². The molecule has 0 saturated carbocycles. The second-order valence-corrected chi connectivity index (χ2v) is 3.87. The van der Waals surface area contributed by atoms with E-state index in [0.29, 0.717) is 24.2 Å². The number of rotatable bonds is 6. The third kappa shape index (κ3) is 3.76. The van der Waals surface area contributed by atoms with Gasteiger partial charge < -0.3 is 15.2 Å². The SMILES string of the molecule is CCCC(=O)NC(C(=O)O)c1cccc(OC)c1. The van der Waals surface area contributed by atoms with Gasteiger partial charge in [-0.15, -0.1) is 0 Å². The predicted octanol–water partition coefficient (Wildman–Crippen LogP) is 1.74. The molecule has 0 aliphatic rings. The van der Waals surface area contributed by atoms with Gasteiger partial charge in [-0.25, -0.2) is 4.79 Å². The molecule has 0 aliphatic heterocycles. The van der Waals surface area contributed by atoms with E-state index in [4.69, 9.17) is 9.84 Å². The molecule has 1 aromatic carbocycles. The third-order valence-electron chi connectivity index (χ3n) is 2.46. The van der Waals surface area contributed by atoms with Crippen LogP contribution >= 0.6 is 0 Å². The molecule has 0 fully saturated rings. The van der Waals surface area contributed by atoms with E-state index in [1.54, 1.807) is 24.3 Å². The number of benzene rings is 1. The summed E-state index contributed by atoms with van der Waals surface area (Å²) in [7, 11) is 1.50. The van der Waals surface area contributed by atoms with E-state index in [2.05, 4.69) is 5.32 Å². The number of carboxylic acids is 1. The molecule has 1 unspecified atom stereocenters. The minimum atomic E-state index is -1.09. The molecule has 1 amide bonds. The van der Waals surface area contributed by atoms with Crippen molar-refractivity contribution in [2.45, 2.75) is 25.8 Å². The molecule has 2 N–H and O–H groups in total. The highest BCUT2D eigenvalue weighted by atomic mass is 16.5. The van der Waals surface area contributed by atoms with Gasteiger partial charge in [0.15, 0.2) is 6.04 Å². The lowest BCUT2D eigenvalue weighted by molar-refractivity contribution is -0.142. The Bertz CT molecular complexity index is 431. The quantitative estimate of drug-likeness (QED) is 0.807. The van der Waals surface area contributed by atoms with E-state index in [1.807, 2.05) is 6.92 Å². The van der Waals surface area contributed by atoms with E-state index in [0.717, 1.165) is 0 Å². The fraction of sp³-hybridized carbons (Fsp3) is 0.385. The van der Waals surface area contributed by atoms with Crippen molar-refractivity contribution in [3.8, 4) is 5.75 Å². The highest BCUT2D eigenvalue weighted by molar-refractivity contribution is 5.84. The molecular weight excluding hydrogens is 234 g/mol. The van der Waals surface area contributed by atoms with Crippen LogP contribution in [0.2, 0.25) is 0 Å². The van der Waals surface area contributed by atoms with Crippen molar-refractivity contribution in [1.82, 2.24) is 5.32 Å². The Labute approximate surface area is 106 Å². The van der Waals surface area contributed by atoms with Crippen molar-refractivity contribution >= 4 is 11.9 Å². The summed E-state index contributed by atoms with van der Waals surface area (Å²) < 4.78 is 5.03. The summed E-state index contributed by atoms with van der Waals surface area (Å²) in [6.45, 7) is 1.86. The van der Waals surface area contributed by atoms with Gasteiger partial charge >= 0.3 is 5.97 Å². The van der Waals surface area contributed by atoms with Crippen molar-refractivity contribution < 1.29 is 19.4 Å². The summed E-state index contributed by atoms with van der Waals surface area (Å²) >= 11 is 0. The second kappa shape index (κ2) is 6.64. The molecule has 1 aromatic rings. The molecule has 18 heavy (non-hydrogen) atoms. The Morgan fingerprint density at radius 2 is 2.17 bits per heavy atom. The first-order valence-corrected chi connectivity index (χ1v) is 5.74. The minimum Gasteiger partial charge on any atom is -0.497 e. The van der Waals surface area contributed by atoms with Crippen LogP contribution in [0.25, 0.3) is 0 Å². The molecule has 0 spiro atoms. The Hall–Kier alpha value is -2.04. The van der Waals surface area contributed by atoms with Crippen LogP contribution in [0.5, 0.6) is 5.75 Å². The largest absolute Gasteiger partial charge is 0.497 e. The molecule has 0 saturated heterocycles. The lowest BCUT2D eigenvalue weighted by atomic mass is 10.1. The first-order chi connectivity index (χ1) is 8.58. The van der Waals surface area contributed by atoms with Gasteiger partial charge in [0.25, 0.3) is 0 Å². The number of amides is 1. The molecule has 0 aromatic heterocycles. The number of nitrogens with one attached hydrogen (secondary N) is 1. The molecule has 1 atom stereocenters. The Kier molecular flexibility index (Phi) is 5.17. The second-order valence-electron chi connectivity index (χ2n) is 3.87. The first kappa shape index (κ1) is 14.0. The maximum atomic E-state index is 11.5. The van der Waals surface area contributed by atoms with Gasteiger partial charge in [-0.1, -0.05) is 19.1 Å². The first-order valence-electron chi connectivity index (χ1n) is 5.74. The van der Waals surface area contributed by atoms with Crippen molar-refractivity contribution in [3.05, 3.63) is 29.8 Å². The molecule has 1 rings (SSSR count). The van der Waals surface area contributed by atoms with Gasteiger partial charge in [-0.05, 0) is 24.1 Å². The summed E-state index contributed by atoms with van der Waals surface area (Å²) in [4.78, 5) is 22.7. The zero-order valence-electron chi connectivity index (χ0n) is 10.5. The molecule has 0 bridgehead atoms.